The van der Waals surface area contributed by atoms with Crippen LogP contribution in [0.25, 0.3) is 0 Å². The minimum absolute atomic E-state index is 0.0339. The number of hydrogen-bond acceptors (Lipinski definition) is 13. The highest BCUT2D eigenvalue weighted by Gasteiger charge is 2.65. The second-order valence-corrected chi connectivity index (χ2v) is 14.7. The van der Waals surface area contributed by atoms with Crippen molar-refractivity contribution in [3.8, 4) is 11.5 Å². The number of amides is 7. The molecule has 3 atom stereocenters. The summed E-state index contributed by atoms with van der Waals surface area (Å²) < 4.78 is 1.34. The fourth-order valence-electron chi connectivity index (χ4n) is 6.46. The SMILES string of the molecule is CCN1CCN(N(C=O)[C@@H](C(=O)N[C@]2(NC=O)C(=O)N3C(C(=O)[O-])=C(CSc4cc[n+](NC(=O)c5ccc(O)c(O)c5)cc4)CS[C@@H]32)c2ccccc2)C(=O)C1=O. The zero-order valence-corrected chi connectivity index (χ0v) is 31.5. The van der Waals surface area contributed by atoms with Crippen LogP contribution in [0.15, 0.2) is 89.2 Å². The van der Waals surface area contributed by atoms with Crippen molar-refractivity contribution >= 4 is 71.8 Å². The Hall–Kier alpha value is -6.61. The molecule has 2 fully saturated rings. The fraction of sp³-hybridized carbons (Fsp3) is 0.250. The highest BCUT2D eigenvalue weighted by molar-refractivity contribution is 8.01. The van der Waals surface area contributed by atoms with E-state index in [1.807, 2.05) is 0 Å². The molecule has 57 heavy (non-hydrogen) atoms. The maximum atomic E-state index is 14.2. The number of hydrogen-bond donors (Lipinski definition) is 5. The molecule has 0 saturated carbocycles. The van der Waals surface area contributed by atoms with Crippen LogP contribution in [0.3, 0.4) is 0 Å². The third-order valence-electron chi connectivity index (χ3n) is 9.32. The summed E-state index contributed by atoms with van der Waals surface area (Å²) in [6.07, 6.45) is 3.43. The van der Waals surface area contributed by atoms with Gasteiger partial charge < -0.3 is 35.6 Å². The first-order valence-corrected chi connectivity index (χ1v) is 19.2. The van der Waals surface area contributed by atoms with E-state index in [9.17, 15) is 53.7 Å². The Kier molecular flexibility index (Phi) is 11.7. The van der Waals surface area contributed by atoms with Crippen molar-refractivity contribution in [2.45, 2.75) is 28.9 Å². The molecule has 0 radical (unpaired) electrons. The Morgan fingerprint density at radius 3 is 2.39 bits per heavy atom. The first-order chi connectivity index (χ1) is 27.3. The van der Waals surface area contributed by atoms with Crippen molar-refractivity contribution in [1.82, 2.24) is 30.5 Å². The average Bonchev–Trinajstić information content (AvgIpc) is 3.21. The number of hydrazine groups is 1. The summed E-state index contributed by atoms with van der Waals surface area (Å²) in [6, 6.07) is 13.0. The normalized spacial score (nSPS) is 19.6. The van der Waals surface area contributed by atoms with E-state index in [0.29, 0.717) is 10.5 Å². The monoisotopic (exact) mass is 818 g/mol. The average molecular weight is 819 g/mol. The lowest BCUT2D eigenvalue weighted by atomic mass is 9.94. The molecule has 2 saturated heterocycles. The molecule has 296 valence electrons. The van der Waals surface area contributed by atoms with E-state index in [4.69, 9.17) is 0 Å². The van der Waals surface area contributed by atoms with Gasteiger partial charge in [-0.15, -0.1) is 28.9 Å². The number of carbonyl (C=O) groups is 8. The molecule has 19 nitrogen and oxygen atoms in total. The minimum Gasteiger partial charge on any atom is -0.543 e. The molecule has 0 aliphatic carbocycles. The quantitative estimate of drug-likeness (QED) is 0.0215. The van der Waals surface area contributed by atoms with Crippen LogP contribution >= 0.6 is 23.5 Å². The Balaban J connectivity index is 1.20. The second kappa shape index (κ2) is 16.6. The molecular weight excluding hydrogens is 785 g/mol. The van der Waals surface area contributed by atoms with Gasteiger partial charge in [0.2, 0.25) is 30.9 Å². The van der Waals surface area contributed by atoms with Crippen LogP contribution in [0, 0.1) is 0 Å². The predicted molar refractivity (Wildman–Crippen MR) is 197 cm³/mol. The molecule has 0 bridgehead atoms. The van der Waals surface area contributed by atoms with E-state index < -0.39 is 64.0 Å². The van der Waals surface area contributed by atoms with E-state index in [2.05, 4.69) is 16.1 Å². The number of phenolic OH excluding ortho intramolecular Hbond substituents is 2. The first-order valence-electron chi connectivity index (χ1n) is 17.1. The Labute approximate surface area is 332 Å². The zero-order chi connectivity index (χ0) is 41.0. The molecular formula is C36H34N8O11S2. The van der Waals surface area contributed by atoms with Crippen molar-refractivity contribution < 1.29 is 58.4 Å². The van der Waals surface area contributed by atoms with Crippen LogP contribution in [0.2, 0.25) is 0 Å². The molecule has 7 amide bonds. The number of aromatic hydroxyl groups is 2. The number of aliphatic carboxylic acids is 1. The maximum absolute atomic E-state index is 14.2. The van der Waals surface area contributed by atoms with Gasteiger partial charge in [-0.3, -0.25) is 38.5 Å². The van der Waals surface area contributed by atoms with Gasteiger partial charge in [0.1, 0.15) is 5.37 Å². The summed E-state index contributed by atoms with van der Waals surface area (Å²) in [5, 5.41) is 37.0. The minimum atomic E-state index is -2.18. The van der Waals surface area contributed by atoms with Gasteiger partial charge in [-0.25, -0.2) is 10.0 Å². The number of thioether (sulfide) groups is 2. The number of benzene rings is 2. The number of nitrogens with one attached hydrogen (secondary N) is 3. The molecule has 5 N–H and O–H groups in total. The standard InChI is InChI=1S/C36H34N8O11S2/c1-2-40-14-15-42(32(52)31(40)51)43(20-46)27(21-6-4-3-5-7-21)30(50)38-36(37-19-45)34(55)44-28(33(53)54)23(18-57-35(36)44)17-56-24-10-12-41(13-11-24)39-29(49)22-8-9-25(47)26(48)16-22/h3-13,16,19-20,27,35H,2,14-15,17-18H2,1H3,(H5-,37,38,39,45,47,48,49,50,51,52,53,54)/t27-,35-,36-/m1/s1. The summed E-state index contributed by atoms with van der Waals surface area (Å²) in [4.78, 5) is 107. The van der Waals surface area contributed by atoms with Gasteiger partial charge in [0, 0.05) is 47.2 Å². The third-order valence-corrected chi connectivity index (χ3v) is 11.8. The maximum Gasteiger partial charge on any atom is 0.330 e. The smallest absolute Gasteiger partial charge is 0.330 e. The fourth-order valence-corrected chi connectivity index (χ4v) is 8.91. The molecule has 4 heterocycles. The topological polar surface area (TPSA) is 253 Å². The number of likely N-dealkylation sites (N-methyl/N-ethyl adjacent to an activating group) is 1. The number of rotatable bonds is 15. The lowest BCUT2D eigenvalue weighted by Gasteiger charge is -2.57. The number of carbonyl (C=O) groups excluding carboxylic acids is 8. The highest BCUT2D eigenvalue weighted by atomic mass is 32.2. The van der Waals surface area contributed by atoms with Gasteiger partial charge in [-0.1, -0.05) is 35.0 Å². The van der Waals surface area contributed by atoms with Gasteiger partial charge in [-0.05, 0) is 36.3 Å². The van der Waals surface area contributed by atoms with Crippen LogP contribution in [0.5, 0.6) is 11.5 Å². The number of fused-ring (bicyclic) bond motifs is 1. The third kappa shape index (κ3) is 7.65. The lowest BCUT2D eigenvalue weighted by Crippen LogP contribution is -2.85. The van der Waals surface area contributed by atoms with Crippen molar-refractivity contribution in [2.24, 2.45) is 0 Å². The Morgan fingerprint density at radius 2 is 1.75 bits per heavy atom. The second-order valence-electron chi connectivity index (χ2n) is 12.6. The first kappa shape index (κ1) is 40.1. The van der Waals surface area contributed by atoms with E-state index in [1.54, 1.807) is 37.3 Å². The van der Waals surface area contributed by atoms with Gasteiger partial charge in [0.15, 0.2) is 17.5 Å². The number of piperazine rings is 1. The number of nitrogens with zero attached hydrogens (tertiary/aromatic N) is 5. The highest BCUT2D eigenvalue weighted by Crippen LogP contribution is 2.46. The molecule has 3 aliphatic heterocycles. The Bertz CT molecular complexity index is 2170. The summed E-state index contributed by atoms with van der Waals surface area (Å²) in [5.74, 6) is -6.92. The molecule has 2 aromatic carbocycles. The van der Waals surface area contributed by atoms with E-state index in [1.165, 1.54) is 58.0 Å². The lowest BCUT2D eigenvalue weighted by molar-refractivity contribution is -0.641. The number of aromatic nitrogens is 1. The zero-order valence-electron chi connectivity index (χ0n) is 29.9. The van der Waals surface area contributed by atoms with Gasteiger partial charge in [0.05, 0.1) is 18.2 Å². The van der Waals surface area contributed by atoms with Crippen LogP contribution in [0.4, 0.5) is 0 Å². The Morgan fingerprint density at radius 1 is 1.04 bits per heavy atom. The number of carboxylic acid groups (broad SMARTS) is 1. The van der Waals surface area contributed by atoms with Crippen LogP contribution in [0.1, 0.15) is 28.9 Å². The van der Waals surface area contributed by atoms with Crippen molar-refractivity contribution in [1.29, 1.82) is 0 Å². The molecule has 21 heteroatoms. The summed E-state index contributed by atoms with van der Waals surface area (Å²) >= 11 is 2.28. The van der Waals surface area contributed by atoms with Gasteiger partial charge in [-0.2, -0.15) is 0 Å². The van der Waals surface area contributed by atoms with Crippen molar-refractivity contribution in [2.75, 3.05) is 36.6 Å². The van der Waals surface area contributed by atoms with Crippen LogP contribution in [-0.2, 0) is 33.6 Å². The van der Waals surface area contributed by atoms with Crippen LogP contribution in [-0.4, -0.2) is 121 Å². The predicted octanol–water partition coefficient (Wildman–Crippen LogP) is -1.86. The van der Waals surface area contributed by atoms with Crippen molar-refractivity contribution in [3.63, 3.8) is 0 Å². The number of carboxylic acids is 1. The van der Waals surface area contributed by atoms with E-state index in [-0.39, 0.29) is 60.8 Å². The van der Waals surface area contributed by atoms with Crippen molar-refractivity contribution in [3.05, 3.63) is 95.5 Å². The molecule has 3 aromatic rings. The molecule has 6 rings (SSSR count). The molecule has 0 unspecified atom stereocenters. The van der Waals surface area contributed by atoms with Gasteiger partial charge in [0.25, 0.3) is 11.8 Å². The largest absolute Gasteiger partial charge is 0.543 e. The summed E-state index contributed by atoms with van der Waals surface area (Å²) in [6.45, 7) is 1.88. The number of phenols is 2. The molecule has 3 aliphatic rings. The van der Waals surface area contributed by atoms with E-state index in [0.717, 1.165) is 32.7 Å². The van der Waals surface area contributed by atoms with Gasteiger partial charge >= 0.3 is 17.7 Å². The number of β-lactam (4-membered cyclic amide) rings is 1. The number of pyridine rings is 1. The summed E-state index contributed by atoms with van der Waals surface area (Å²) in [7, 11) is 0. The molecule has 0 spiro atoms. The summed E-state index contributed by atoms with van der Waals surface area (Å²) in [5.41, 5.74) is 0.551. The van der Waals surface area contributed by atoms with Crippen LogP contribution < -0.4 is 25.8 Å². The molecule has 1 aromatic heterocycles. The van der Waals surface area contributed by atoms with E-state index >= 15 is 0 Å².